The Kier molecular flexibility index (Phi) is 4.77. The number of rotatable bonds is 4. The zero-order valence-corrected chi connectivity index (χ0v) is 14.3. The number of fused-ring (bicyclic) bond motifs is 2. The van der Waals surface area contributed by atoms with Gasteiger partial charge in [-0.3, -0.25) is 0 Å². The van der Waals surface area contributed by atoms with Crippen molar-refractivity contribution < 1.29 is 0 Å². The highest BCUT2D eigenvalue weighted by Gasteiger charge is 2.38. The topological polar surface area (TPSA) is 0 Å². The summed E-state index contributed by atoms with van der Waals surface area (Å²) in [4.78, 5) is 7.46. The minimum absolute atomic E-state index is 0.106. The van der Waals surface area contributed by atoms with E-state index in [-0.39, 0.29) is 10.9 Å². The predicted octanol–water partition coefficient (Wildman–Crippen LogP) is 6.28. The van der Waals surface area contributed by atoms with Gasteiger partial charge in [0.1, 0.15) is 4.91 Å². The maximum Gasteiger partial charge on any atom is 0.180 e. The van der Waals surface area contributed by atoms with Gasteiger partial charge in [-0.2, -0.15) is 0 Å². The van der Waals surface area contributed by atoms with Gasteiger partial charge in [0, 0.05) is 6.42 Å². The summed E-state index contributed by atoms with van der Waals surface area (Å²) in [5.74, 6) is 0. The second-order valence-corrected chi connectivity index (χ2v) is 8.26. The highest BCUT2D eigenvalue weighted by molar-refractivity contribution is 8.05. The molecule has 0 unspecified atom stereocenters. The molecular formula is C19H21S2+. The summed E-state index contributed by atoms with van der Waals surface area (Å²) in [6.07, 6.45) is 6.10. The van der Waals surface area contributed by atoms with Crippen molar-refractivity contribution >= 4 is 22.7 Å². The Morgan fingerprint density at radius 1 is 1.00 bits per heavy atom. The Balaban J connectivity index is 2.10. The van der Waals surface area contributed by atoms with Crippen molar-refractivity contribution in [3.05, 3.63) is 59.5 Å². The number of hydrogen-bond donors (Lipinski definition) is 0. The number of benzene rings is 2. The van der Waals surface area contributed by atoms with Crippen LogP contribution in [0.25, 0.3) is 0 Å². The average Bonchev–Trinajstić information content (AvgIpc) is 2.54. The molecule has 0 aromatic heterocycles. The van der Waals surface area contributed by atoms with Gasteiger partial charge in [-0.1, -0.05) is 49.4 Å². The van der Waals surface area contributed by atoms with Crippen LogP contribution in [-0.4, -0.2) is 0 Å². The molecule has 2 aromatic rings. The molecule has 0 saturated carbocycles. The van der Waals surface area contributed by atoms with E-state index in [1.165, 1.54) is 38.8 Å². The maximum atomic E-state index is 2.35. The van der Waals surface area contributed by atoms with E-state index in [1.54, 1.807) is 4.91 Å². The summed E-state index contributed by atoms with van der Waals surface area (Å²) >= 11 is 1.92. The van der Waals surface area contributed by atoms with E-state index in [1.807, 2.05) is 11.8 Å². The van der Waals surface area contributed by atoms with Crippen LogP contribution in [0.15, 0.2) is 79.1 Å². The Morgan fingerprint density at radius 3 is 2.10 bits per heavy atom. The highest BCUT2D eigenvalue weighted by Crippen LogP contribution is 2.48. The normalized spacial score (nSPS) is 14.7. The van der Waals surface area contributed by atoms with Crippen LogP contribution >= 0.6 is 11.8 Å². The molecule has 0 aliphatic carbocycles. The van der Waals surface area contributed by atoms with Crippen LogP contribution in [0.2, 0.25) is 0 Å². The smallest absolute Gasteiger partial charge is 0.0795 e. The molecule has 21 heavy (non-hydrogen) atoms. The van der Waals surface area contributed by atoms with Crippen LogP contribution in [0.4, 0.5) is 0 Å². The molecule has 0 fully saturated rings. The molecule has 0 bridgehead atoms. The van der Waals surface area contributed by atoms with Crippen LogP contribution in [-0.2, 0) is 10.9 Å². The Morgan fingerprint density at radius 2 is 1.57 bits per heavy atom. The first kappa shape index (κ1) is 14.8. The molecular weight excluding hydrogens is 292 g/mol. The fourth-order valence-corrected chi connectivity index (χ4v) is 6.61. The second kappa shape index (κ2) is 6.76. The number of hydrogen-bond acceptors (Lipinski definition) is 1. The van der Waals surface area contributed by atoms with Crippen LogP contribution in [0.5, 0.6) is 0 Å². The molecule has 1 heterocycles. The zero-order valence-electron chi connectivity index (χ0n) is 12.6. The van der Waals surface area contributed by atoms with Crippen LogP contribution in [0, 0.1) is 0 Å². The van der Waals surface area contributed by atoms with Gasteiger partial charge in [0.2, 0.25) is 0 Å². The first-order chi connectivity index (χ1) is 10.3. The van der Waals surface area contributed by atoms with Gasteiger partial charge >= 0.3 is 0 Å². The second-order valence-electron chi connectivity index (χ2n) is 5.16. The lowest BCUT2D eigenvalue weighted by molar-refractivity contribution is 0.806. The fraction of sp³-hybridized carbons (Fsp3) is 0.263. The molecule has 2 aromatic carbocycles. The molecule has 0 atom stereocenters. The Bertz CT molecular complexity index is 613. The van der Waals surface area contributed by atoms with E-state index >= 15 is 0 Å². The van der Waals surface area contributed by atoms with E-state index in [0.717, 1.165) is 0 Å². The van der Waals surface area contributed by atoms with Crippen molar-refractivity contribution in [2.24, 2.45) is 0 Å². The molecule has 108 valence electrons. The van der Waals surface area contributed by atoms with Crippen LogP contribution in [0.3, 0.4) is 0 Å². The molecule has 0 N–H and O–H groups in total. The van der Waals surface area contributed by atoms with Crippen molar-refractivity contribution in [3.8, 4) is 0 Å². The third-order valence-electron chi connectivity index (χ3n) is 3.72. The lowest BCUT2D eigenvalue weighted by Crippen LogP contribution is -2.12. The lowest BCUT2D eigenvalue weighted by atomic mass is 10.2. The summed E-state index contributed by atoms with van der Waals surface area (Å²) in [7, 11) is 0.106. The molecule has 0 amide bonds. The van der Waals surface area contributed by atoms with E-state index in [9.17, 15) is 0 Å². The largest absolute Gasteiger partial charge is 0.180 e. The van der Waals surface area contributed by atoms with E-state index in [4.69, 9.17) is 0 Å². The zero-order chi connectivity index (χ0) is 14.7. The van der Waals surface area contributed by atoms with Crippen LogP contribution in [0.1, 0.15) is 33.1 Å². The number of allylic oxidation sites excluding steroid dienone is 2. The van der Waals surface area contributed by atoms with E-state index in [0.29, 0.717) is 0 Å². The molecule has 0 saturated heterocycles. The van der Waals surface area contributed by atoms with Crippen molar-refractivity contribution in [1.82, 2.24) is 0 Å². The monoisotopic (exact) mass is 313 g/mol. The first-order valence-electron chi connectivity index (χ1n) is 7.60. The van der Waals surface area contributed by atoms with Crippen molar-refractivity contribution in [1.29, 1.82) is 0 Å². The highest BCUT2D eigenvalue weighted by atomic mass is 32.2. The Hall–Kier alpha value is -1.12. The van der Waals surface area contributed by atoms with Gasteiger partial charge in [-0.15, -0.1) is 0 Å². The third-order valence-corrected chi connectivity index (χ3v) is 7.69. The molecule has 0 nitrogen and oxygen atoms in total. The van der Waals surface area contributed by atoms with Gasteiger partial charge in [0.15, 0.2) is 9.79 Å². The first-order valence-corrected chi connectivity index (χ1v) is 9.64. The predicted molar refractivity (Wildman–Crippen MR) is 94.2 cm³/mol. The molecule has 2 heteroatoms. The molecule has 1 aliphatic heterocycles. The number of unbranched alkanes of at least 4 members (excludes halogenated alkanes) is 1. The summed E-state index contributed by atoms with van der Waals surface area (Å²) < 4.78 is 0. The van der Waals surface area contributed by atoms with Gasteiger partial charge in [0.25, 0.3) is 0 Å². The summed E-state index contributed by atoms with van der Waals surface area (Å²) in [5, 5.41) is 0. The SMILES string of the molecule is C/C=C(\CCCC)[S+]1c2ccccc2Sc2ccccc21. The standard InChI is InChI=1S/C19H21S2/c1-3-5-10-15(4-2)21-18-13-8-6-11-16(18)20-17-12-7-9-14-19(17)21/h4,6-9,11-14H,3,5,10H2,1-2H3/q+1/b15-4+. The summed E-state index contributed by atoms with van der Waals surface area (Å²) in [6.45, 7) is 4.47. The van der Waals surface area contributed by atoms with Crippen molar-refractivity contribution in [2.75, 3.05) is 0 Å². The van der Waals surface area contributed by atoms with Crippen molar-refractivity contribution in [2.45, 2.75) is 52.7 Å². The lowest BCUT2D eigenvalue weighted by Gasteiger charge is -2.20. The minimum atomic E-state index is 0.106. The molecule has 0 radical (unpaired) electrons. The summed E-state index contributed by atoms with van der Waals surface area (Å²) in [5.41, 5.74) is 0. The van der Waals surface area contributed by atoms with Gasteiger partial charge in [0.05, 0.1) is 20.7 Å². The molecule has 1 aliphatic rings. The minimum Gasteiger partial charge on any atom is -0.0795 e. The van der Waals surface area contributed by atoms with E-state index < -0.39 is 0 Å². The molecule has 3 rings (SSSR count). The molecule has 0 spiro atoms. The van der Waals surface area contributed by atoms with E-state index in [2.05, 4.69) is 68.5 Å². The average molecular weight is 314 g/mol. The van der Waals surface area contributed by atoms with Gasteiger partial charge in [-0.05, 0) is 43.7 Å². The quantitative estimate of drug-likeness (QED) is 0.598. The van der Waals surface area contributed by atoms with Crippen LogP contribution < -0.4 is 0 Å². The maximum absolute atomic E-state index is 2.35. The van der Waals surface area contributed by atoms with Crippen molar-refractivity contribution in [3.63, 3.8) is 0 Å². The van der Waals surface area contributed by atoms with Gasteiger partial charge < -0.3 is 0 Å². The fourth-order valence-electron chi connectivity index (χ4n) is 2.64. The Labute approximate surface area is 135 Å². The summed E-state index contributed by atoms with van der Waals surface area (Å²) in [6, 6.07) is 17.8. The third kappa shape index (κ3) is 2.93. The van der Waals surface area contributed by atoms with Gasteiger partial charge in [-0.25, -0.2) is 0 Å².